The molecule has 90 valence electrons. The van der Waals surface area contributed by atoms with Crippen molar-refractivity contribution in [3.8, 4) is 0 Å². The number of aromatic nitrogens is 1. The van der Waals surface area contributed by atoms with Gasteiger partial charge in [-0.25, -0.2) is 4.98 Å². The van der Waals surface area contributed by atoms with Gasteiger partial charge in [-0.1, -0.05) is 6.92 Å². The minimum atomic E-state index is 0.209. The van der Waals surface area contributed by atoms with E-state index in [0.717, 1.165) is 18.7 Å². The number of nitrogens with two attached hydrogens (primary N) is 1. The molecule has 0 aliphatic carbocycles. The molecule has 0 amide bonds. The monoisotopic (exact) mass is 239 g/mol. The van der Waals surface area contributed by atoms with Crippen LogP contribution in [0.4, 0.5) is 0 Å². The zero-order valence-corrected chi connectivity index (χ0v) is 11.0. The summed E-state index contributed by atoms with van der Waals surface area (Å²) in [4.78, 5) is 7.25. The van der Waals surface area contributed by atoms with Crippen molar-refractivity contribution >= 4 is 11.3 Å². The van der Waals surface area contributed by atoms with E-state index >= 15 is 0 Å². The first-order valence-electron chi connectivity index (χ1n) is 6.14. The summed E-state index contributed by atoms with van der Waals surface area (Å²) >= 11 is 1.80. The van der Waals surface area contributed by atoms with Gasteiger partial charge in [0.1, 0.15) is 5.01 Å². The number of hydrogen-bond donors (Lipinski definition) is 1. The highest BCUT2D eigenvalue weighted by molar-refractivity contribution is 7.09. The van der Waals surface area contributed by atoms with Gasteiger partial charge < -0.3 is 5.73 Å². The van der Waals surface area contributed by atoms with Crippen molar-refractivity contribution < 1.29 is 0 Å². The van der Waals surface area contributed by atoms with Crippen LogP contribution in [0.2, 0.25) is 0 Å². The Balaban J connectivity index is 2.06. The zero-order valence-electron chi connectivity index (χ0n) is 10.1. The molecule has 2 heterocycles. The lowest BCUT2D eigenvalue weighted by atomic mass is 10.2. The van der Waals surface area contributed by atoms with Gasteiger partial charge in [-0.15, -0.1) is 11.3 Å². The van der Waals surface area contributed by atoms with Gasteiger partial charge in [0, 0.05) is 17.8 Å². The van der Waals surface area contributed by atoms with Gasteiger partial charge in [0.15, 0.2) is 0 Å². The van der Waals surface area contributed by atoms with Crippen LogP contribution in [-0.2, 0) is 6.42 Å². The molecule has 1 aromatic heterocycles. The fourth-order valence-corrected chi connectivity index (χ4v) is 3.38. The molecule has 1 aromatic rings. The van der Waals surface area contributed by atoms with Crippen molar-refractivity contribution in [2.75, 3.05) is 13.1 Å². The second-order valence-electron chi connectivity index (χ2n) is 4.65. The molecule has 3 nitrogen and oxygen atoms in total. The molecule has 1 fully saturated rings. The Morgan fingerprint density at radius 2 is 2.50 bits per heavy atom. The fourth-order valence-electron chi connectivity index (χ4n) is 2.38. The van der Waals surface area contributed by atoms with Crippen LogP contribution in [-0.4, -0.2) is 29.0 Å². The molecule has 1 saturated heterocycles. The van der Waals surface area contributed by atoms with E-state index in [1.54, 1.807) is 11.3 Å². The molecule has 2 N–H and O–H groups in total. The highest BCUT2D eigenvalue weighted by Crippen LogP contribution is 2.33. The largest absolute Gasteiger partial charge is 0.328 e. The second-order valence-corrected chi connectivity index (χ2v) is 5.53. The molecule has 4 heteroatoms. The van der Waals surface area contributed by atoms with Crippen molar-refractivity contribution in [1.82, 2.24) is 9.88 Å². The Labute approximate surface area is 102 Å². The van der Waals surface area contributed by atoms with Crippen LogP contribution in [0, 0.1) is 0 Å². The quantitative estimate of drug-likeness (QED) is 0.876. The van der Waals surface area contributed by atoms with Gasteiger partial charge in [0.25, 0.3) is 0 Å². The Morgan fingerprint density at radius 3 is 3.19 bits per heavy atom. The van der Waals surface area contributed by atoms with Crippen molar-refractivity contribution in [3.05, 3.63) is 16.1 Å². The summed E-state index contributed by atoms with van der Waals surface area (Å²) in [6.45, 7) is 6.62. The van der Waals surface area contributed by atoms with Crippen LogP contribution < -0.4 is 5.73 Å². The van der Waals surface area contributed by atoms with Crippen molar-refractivity contribution in [3.63, 3.8) is 0 Å². The van der Waals surface area contributed by atoms with Gasteiger partial charge in [0.2, 0.25) is 0 Å². The smallest absolute Gasteiger partial charge is 0.110 e. The molecule has 2 atom stereocenters. The molecular weight excluding hydrogens is 218 g/mol. The molecule has 2 unspecified atom stereocenters. The second kappa shape index (κ2) is 5.25. The highest BCUT2D eigenvalue weighted by Gasteiger charge is 2.26. The van der Waals surface area contributed by atoms with Crippen LogP contribution in [0.15, 0.2) is 5.38 Å². The van der Waals surface area contributed by atoms with E-state index in [1.807, 2.05) is 6.92 Å². The average molecular weight is 239 g/mol. The van der Waals surface area contributed by atoms with Crippen molar-refractivity contribution in [1.29, 1.82) is 0 Å². The predicted molar refractivity (Wildman–Crippen MR) is 68.7 cm³/mol. The van der Waals surface area contributed by atoms with Gasteiger partial charge in [-0.05, 0) is 32.9 Å². The minimum absolute atomic E-state index is 0.209. The minimum Gasteiger partial charge on any atom is -0.328 e. The Hall–Kier alpha value is -0.450. The average Bonchev–Trinajstić information content (AvgIpc) is 2.83. The van der Waals surface area contributed by atoms with Gasteiger partial charge in [-0.3, -0.25) is 4.90 Å². The maximum Gasteiger partial charge on any atom is 0.110 e. The van der Waals surface area contributed by atoms with Crippen molar-refractivity contribution in [2.24, 2.45) is 5.73 Å². The Bertz CT molecular complexity index is 335. The first-order chi connectivity index (χ1) is 7.70. The summed E-state index contributed by atoms with van der Waals surface area (Å²) in [5.41, 5.74) is 6.96. The molecule has 0 bridgehead atoms. The first kappa shape index (κ1) is 12.0. The molecule has 0 saturated carbocycles. The number of nitrogens with zero attached hydrogens (tertiary/aromatic N) is 2. The topological polar surface area (TPSA) is 42.2 Å². The standard InChI is InChI=1S/C12H21N3S/c1-3-15-6-4-5-11(15)12-14-10(8-16-12)7-9(2)13/h8-9,11H,3-7,13H2,1-2H3. The SMILES string of the molecule is CCN1CCCC1c1nc(CC(C)N)cs1. The maximum atomic E-state index is 5.79. The number of rotatable bonds is 4. The Kier molecular flexibility index (Phi) is 3.95. The van der Waals surface area contributed by atoms with Crippen LogP contribution in [0.1, 0.15) is 43.4 Å². The molecule has 0 aromatic carbocycles. The van der Waals surface area contributed by atoms with Crippen LogP contribution in [0.3, 0.4) is 0 Å². The zero-order chi connectivity index (χ0) is 11.5. The van der Waals surface area contributed by atoms with Crippen LogP contribution >= 0.6 is 11.3 Å². The third-order valence-corrected chi connectivity index (χ3v) is 4.15. The summed E-state index contributed by atoms with van der Waals surface area (Å²) in [5.74, 6) is 0. The summed E-state index contributed by atoms with van der Waals surface area (Å²) in [6, 6.07) is 0.776. The normalized spacial score (nSPS) is 23.8. The Morgan fingerprint density at radius 1 is 1.69 bits per heavy atom. The molecular formula is C12H21N3S. The third kappa shape index (κ3) is 2.62. The lowest BCUT2D eigenvalue weighted by molar-refractivity contribution is 0.271. The van der Waals surface area contributed by atoms with Crippen molar-refractivity contribution in [2.45, 2.75) is 45.2 Å². The third-order valence-electron chi connectivity index (χ3n) is 3.16. The summed E-state index contributed by atoms with van der Waals surface area (Å²) in [5, 5.41) is 3.46. The molecule has 2 rings (SSSR count). The maximum absolute atomic E-state index is 5.79. The van der Waals surface area contributed by atoms with E-state index in [-0.39, 0.29) is 6.04 Å². The van der Waals surface area contributed by atoms with E-state index in [0.29, 0.717) is 6.04 Å². The predicted octanol–water partition coefficient (Wildman–Crippen LogP) is 2.19. The number of thiazole rings is 1. The van der Waals surface area contributed by atoms with Crippen LogP contribution in [0.5, 0.6) is 0 Å². The first-order valence-corrected chi connectivity index (χ1v) is 7.02. The lowest BCUT2D eigenvalue weighted by Gasteiger charge is -2.20. The van der Waals surface area contributed by atoms with E-state index in [2.05, 4.69) is 17.2 Å². The number of likely N-dealkylation sites (tertiary alicyclic amines) is 1. The van der Waals surface area contributed by atoms with Gasteiger partial charge >= 0.3 is 0 Å². The highest BCUT2D eigenvalue weighted by atomic mass is 32.1. The molecule has 1 aliphatic heterocycles. The van der Waals surface area contributed by atoms with E-state index in [1.165, 1.54) is 24.4 Å². The molecule has 16 heavy (non-hydrogen) atoms. The lowest BCUT2D eigenvalue weighted by Crippen LogP contribution is -2.22. The van der Waals surface area contributed by atoms with E-state index < -0.39 is 0 Å². The fraction of sp³-hybridized carbons (Fsp3) is 0.750. The molecule has 1 aliphatic rings. The summed E-state index contributed by atoms with van der Waals surface area (Å²) < 4.78 is 0. The van der Waals surface area contributed by atoms with Crippen LogP contribution in [0.25, 0.3) is 0 Å². The molecule has 0 spiro atoms. The summed E-state index contributed by atoms with van der Waals surface area (Å²) in [7, 11) is 0. The summed E-state index contributed by atoms with van der Waals surface area (Å²) in [6.07, 6.45) is 3.47. The van der Waals surface area contributed by atoms with Gasteiger partial charge in [-0.2, -0.15) is 0 Å². The van der Waals surface area contributed by atoms with E-state index in [9.17, 15) is 0 Å². The van der Waals surface area contributed by atoms with E-state index in [4.69, 9.17) is 10.7 Å². The van der Waals surface area contributed by atoms with Gasteiger partial charge in [0.05, 0.1) is 11.7 Å². The molecule has 0 radical (unpaired) electrons. The number of hydrogen-bond acceptors (Lipinski definition) is 4.